The van der Waals surface area contributed by atoms with E-state index in [1.165, 1.54) is 11.3 Å². The first kappa shape index (κ1) is 16.9. The van der Waals surface area contributed by atoms with E-state index in [-0.39, 0.29) is 17.6 Å². The van der Waals surface area contributed by atoms with Crippen molar-refractivity contribution >= 4 is 11.6 Å². The number of aryl methyl sites for hydroxylation is 1. The normalized spacial score (nSPS) is 30.0. The molecule has 3 saturated heterocycles. The van der Waals surface area contributed by atoms with Gasteiger partial charge < -0.3 is 19.3 Å². The van der Waals surface area contributed by atoms with Crippen LogP contribution in [0.2, 0.25) is 0 Å². The summed E-state index contributed by atoms with van der Waals surface area (Å²) in [5.74, 6) is 0.160. The van der Waals surface area contributed by atoms with Crippen LogP contribution >= 0.6 is 0 Å². The zero-order valence-electron chi connectivity index (χ0n) is 15.1. The number of anilines is 1. The fourth-order valence-electron chi connectivity index (χ4n) is 4.40. The van der Waals surface area contributed by atoms with Crippen LogP contribution < -0.4 is 4.90 Å². The number of morpholine rings is 1. The molecule has 3 aliphatic rings. The predicted octanol–water partition coefficient (Wildman–Crippen LogP) is 2.37. The molecule has 136 valence electrons. The molecule has 1 spiro atoms. The quantitative estimate of drug-likeness (QED) is 0.826. The highest BCUT2D eigenvalue weighted by atomic mass is 16.5. The fraction of sp³-hybridized carbons (Fsp3) is 0.650. The molecule has 1 aromatic rings. The Morgan fingerprint density at radius 3 is 2.92 bits per heavy atom. The van der Waals surface area contributed by atoms with Crippen molar-refractivity contribution in [2.24, 2.45) is 0 Å². The lowest BCUT2D eigenvalue weighted by Crippen LogP contribution is -2.61. The second-order valence-corrected chi connectivity index (χ2v) is 7.66. The second-order valence-electron chi connectivity index (χ2n) is 7.66. The van der Waals surface area contributed by atoms with Crippen molar-refractivity contribution in [2.45, 2.75) is 44.3 Å². The molecular weight excluding hydrogens is 316 g/mol. The van der Waals surface area contributed by atoms with Gasteiger partial charge in [-0.25, -0.2) is 0 Å². The van der Waals surface area contributed by atoms with E-state index in [1.807, 2.05) is 4.90 Å². The molecule has 3 aliphatic heterocycles. The molecule has 0 aromatic heterocycles. The van der Waals surface area contributed by atoms with Crippen molar-refractivity contribution in [1.82, 2.24) is 4.90 Å². The topological polar surface area (TPSA) is 42.0 Å². The maximum Gasteiger partial charge on any atom is 0.251 e. The second kappa shape index (κ2) is 6.96. The number of carbonyl (C=O) groups excluding carboxylic acids is 1. The molecule has 0 N–H and O–H groups in total. The van der Waals surface area contributed by atoms with Gasteiger partial charge in [-0.2, -0.15) is 0 Å². The van der Waals surface area contributed by atoms with E-state index in [0.29, 0.717) is 26.3 Å². The van der Waals surface area contributed by atoms with Crippen LogP contribution in [0, 0.1) is 6.92 Å². The average molecular weight is 344 g/mol. The predicted molar refractivity (Wildman–Crippen MR) is 96.9 cm³/mol. The summed E-state index contributed by atoms with van der Waals surface area (Å²) in [6.45, 7) is 6.74. The fourth-order valence-corrected chi connectivity index (χ4v) is 4.40. The van der Waals surface area contributed by atoms with Gasteiger partial charge in [0, 0.05) is 31.9 Å². The number of hydrogen-bond acceptors (Lipinski definition) is 4. The van der Waals surface area contributed by atoms with Crippen LogP contribution in [0.15, 0.2) is 24.3 Å². The van der Waals surface area contributed by atoms with Gasteiger partial charge >= 0.3 is 0 Å². The van der Waals surface area contributed by atoms with Gasteiger partial charge in [0.05, 0.1) is 13.2 Å². The molecule has 0 aliphatic carbocycles. The number of ether oxygens (including phenoxy) is 2. The minimum atomic E-state index is -0.242. The molecule has 5 nitrogen and oxygen atoms in total. The summed E-state index contributed by atoms with van der Waals surface area (Å²) in [6.07, 6.45) is 3.73. The molecule has 5 heteroatoms. The maximum absolute atomic E-state index is 12.8. The number of amides is 1. The van der Waals surface area contributed by atoms with E-state index in [1.54, 1.807) is 0 Å². The molecule has 2 atom stereocenters. The van der Waals surface area contributed by atoms with E-state index in [9.17, 15) is 4.79 Å². The molecule has 0 saturated carbocycles. The zero-order chi connectivity index (χ0) is 17.3. The first-order chi connectivity index (χ1) is 12.2. The third-order valence-electron chi connectivity index (χ3n) is 5.67. The van der Waals surface area contributed by atoms with Gasteiger partial charge in [-0.3, -0.25) is 4.79 Å². The Bertz CT molecular complexity index is 625. The van der Waals surface area contributed by atoms with Crippen molar-refractivity contribution in [3.8, 4) is 0 Å². The molecular formula is C20H28N2O3. The number of nitrogens with zero attached hydrogens (tertiary/aromatic N) is 2. The van der Waals surface area contributed by atoms with Gasteiger partial charge in [-0.1, -0.05) is 12.1 Å². The minimum Gasteiger partial charge on any atom is -0.369 e. The minimum absolute atomic E-state index is 0.160. The smallest absolute Gasteiger partial charge is 0.251 e. The van der Waals surface area contributed by atoms with Crippen LogP contribution in [0.3, 0.4) is 0 Å². The average Bonchev–Trinajstić information content (AvgIpc) is 3.16. The lowest BCUT2D eigenvalue weighted by molar-refractivity contribution is -0.160. The largest absolute Gasteiger partial charge is 0.369 e. The Morgan fingerprint density at radius 2 is 2.12 bits per heavy atom. The number of rotatable bonds is 2. The number of hydrogen-bond donors (Lipinski definition) is 0. The monoisotopic (exact) mass is 344 g/mol. The van der Waals surface area contributed by atoms with Crippen molar-refractivity contribution in [3.63, 3.8) is 0 Å². The molecule has 0 radical (unpaired) electrons. The highest BCUT2D eigenvalue weighted by molar-refractivity contribution is 5.81. The van der Waals surface area contributed by atoms with Crippen molar-refractivity contribution < 1.29 is 14.3 Å². The maximum atomic E-state index is 12.8. The van der Waals surface area contributed by atoms with Crippen molar-refractivity contribution in [2.75, 3.05) is 44.3 Å². The van der Waals surface area contributed by atoms with Crippen LogP contribution in [0.1, 0.15) is 31.2 Å². The van der Waals surface area contributed by atoms with Gasteiger partial charge in [0.25, 0.3) is 5.91 Å². The zero-order valence-corrected chi connectivity index (χ0v) is 15.1. The molecule has 1 aromatic carbocycles. The summed E-state index contributed by atoms with van der Waals surface area (Å²) in [5, 5.41) is 0. The van der Waals surface area contributed by atoms with Crippen LogP contribution in [-0.2, 0) is 14.3 Å². The van der Waals surface area contributed by atoms with E-state index >= 15 is 0 Å². The van der Waals surface area contributed by atoms with Crippen molar-refractivity contribution in [3.05, 3.63) is 29.8 Å². The number of piperidine rings is 1. The van der Waals surface area contributed by atoms with Gasteiger partial charge in [0.2, 0.25) is 0 Å². The lowest BCUT2D eigenvalue weighted by Gasteiger charge is -2.49. The van der Waals surface area contributed by atoms with Crippen LogP contribution in [0.25, 0.3) is 0 Å². The third kappa shape index (κ3) is 3.53. The molecule has 1 unspecified atom stereocenters. The Balaban J connectivity index is 1.47. The highest BCUT2D eigenvalue weighted by Gasteiger charge is 2.43. The first-order valence-corrected chi connectivity index (χ1v) is 9.51. The molecule has 3 fully saturated rings. The summed E-state index contributed by atoms with van der Waals surface area (Å²) >= 11 is 0. The SMILES string of the molecule is Cc1cccc(N2CCCC3(CN(C(=O)[C@H]4CCCO4)CCO3)C2)c1. The number of carbonyl (C=O) groups is 1. The lowest BCUT2D eigenvalue weighted by atomic mass is 9.90. The van der Waals surface area contributed by atoms with E-state index < -0.39 is 0 Å². The molecule has 3 heterocycles. The standard InChI is InChI=1S/C20H28N2O3/c1-16-5-2-6-17(13-16)21-9-4-8-20(14-21)15-22(10-12-25-20)19(23)18-7-3-11-24-18/h2,5-6,13,18H,3-4,7-12,14-15H2,1H3/t18-,20?/m1/s1. The van der Waals surface area contributed by atoms with E-state index in [4.69, 9.17) is 9.47 Å². The Labute approximate surface area is 149 Å². The number of benzene rings is 1. The summed E-state index contributed by atoms with van der Waals surface area (Å²) in [4.78, 5) is 17.2. The van der Waals surface area contributed by atoms with Crippen LogP contribution in [0.5, 0.6) is 0 Å². The Kier molecular flexibility index (Phi) is 4.69. The van der Waals surface area contributed by atoms with Crippen molar-refractivity contribution in [1.29, 1.82) is 0 Å². The molecule has 1 amide bonds. The molecule has 0 bridgehead atoms. The van der Waals surface area contributed by atoms with Gasteiger partial charge in [0.1, 0.15) is 11.7 Å². The van der Waals surface area contributed by atoms with E-state index in [0.717, 1.165) is 38.8 Å². The van der Waals surface area contributed by atoms with Gasteiger partial charge in [0.15, 0.2) is 0 Å². The summed E-state index contributed by atoms with van der Waals surface area (Å²) < 4.78 is 11.9. The summed E-state index contributed by atoms with van der Waals surface area (Å²) in [5.41, 5.74) is 2.29. The van der Waals surface area contributed by atoms with Gasteiger partial charge in [-0.15, -0.1) is 0 Å². The summed E-state index contributed by atoms with van der Waals surface area (Å²) in [7, 11) is 0. The van der Waals surface area contributed by atoms with Crippen LogP contribution in [0.4, 0.5) is 5.69 Å². The molecule has 25 heavy (non-hydrogen) atoms. The molecule has 4 rings (SSSR count). The summed E-state index contributed by atoms with van der Waals surface area (Å²) in [6, 6.07) is 8.64. The van der Waals surface area contributed by atoms with Gasteiger partial charge in [-0.05, 0) is 50.3 Å². The third-order valence-corrected chi connectivity index (χ3v) is 5.67. The Hall–Kier alpha value is -1.59. The van der Waals surface area contributed by atoms with E-state index in [2.05, 4.69) is 36.1 Å². The first-order valence-electron chi connectivity index (χ1n) is 9.51. The Morgan fingerprint density at radius 1 is 1.20 bits per heavy atom. The van der Waals surface area contributed by atoms with Crippen LogP contribution in [-0.4, -0.2) is 61.9 Å². The highest BCUT2D eigenvalue weighted by Crippen LogP contribution is 2.32.